The number of unbranched alkanes of at least 4 members (excludes halogenated alkanes) is 1. The number of piperazine rings is 1. The van der Waals surface area contributed by atoms with E-state index in [0.29, 0.717) is 26.1 Å². The minimum Gasteiger partial charge on any atom is -0.368 e. The predicted molar refractivity (Wildman–Crippen MR) is 92.2 cm³/mol. The summed E-state index contributed by atoms with van der Waals surface area (Å²) in [6.45, 7) is 5.57. The van der Waals surface area contributed by atoms with Crippen LogP contribution in [0.15, 0.2) is 24.3 Å². The van der Waals surface area contributed by atoms with Crippen molar-refractivity contribution >= 4 is 17.9 Å². The zero-order chi connectivity index (χ0) is 16.7. The summed E-state index contributed by atoms with van der Waals surface area (Å²) in [6.07, 6.45) is 3.41. The number of nitrogens with two attached hydrogens (primary N) is 1. The molecule has 1 heterocycles. The fraction of sp³-hybridized carbons (Fsp3) is 0.556. The Bertz CT molecular complexity index is 508. The van der Waals surface area contributed by atoms with Crippen LogP contribution >= 0.6 is 0 Å². The van der Waals surface area contributed by atoms with E-state index in [4.69, 9.17) is 5.73 Å². The lowest BCUT2D eigenvalue weighted by Crippen LogP contribution is -2.50. The SMILES string of the molecule is CCCCC(C=O)C(=O)N1CCN(c2ccc(CN)cc2)CC1. The van der Waals surface area contributed by atoms with Gasteiger partial charge in [0.15, 0.2) is 0 Å². The number of aldehydes is 1. The van der Waals surface area contributed by atoms with Crippen LogP contribution in [0.2, 0.25) is 0 Å². The summed E-state index contributed by atoms with van der Waals surface area (Å²) in [7, 11) is 0. The molecule has 2 rings (SSSR count). The number of nitrogens with zero attached hydrogens (tertiary/aromatic N) is 2. The highest BCUT2D eigenvalue weighted by Crippen LogP contribution is 2.19. The largest absolute Gasteiger partial charge is 0.368 e. The second-order valence-electron chi connectivity index (χ2n) is 6.07. The van der Waals surface area contributed by atoms with Crippen molar-refractivity contribution in [2.24, 2.45) is 11.7 Å². The number of hydrogen-bond donors (Lipinski definition) is 1. The molecule has 5 heteroatoms. The normalized spacial score (nSPS) is 16.3. The summed E-state index contributed by atoms with van der Waals surface area (Å²) in [6, 6.07) is 8.24. The summed E-state index contributed by atoms with van der Waals surface area (Å²) in [5, 5.41) is 0. The zero-order valence-corrected chi connectivity index (χ0v) is 13.9. The number of rotatable bonds is 7. The fourth-order valence-electron chi connectivity index (χ4n) is 2.94. The number of carbonyl (C=O) groups excluding carboxylic acids is 2. The maximum absolute atomic E-state index is 12.4. The molecule has 1 amide bonds. The van der Waals surface area contributed by atoms with Gasteiger partial charge in [-0.3, -0.25) is 4.79 Å². The first kappa shape index (κ1) is 17.5. The Morgan fingerprint density at radius 2 is 1.87 bits per heavy atom. The van der Waals surface area contributed by atoms with Crippen LogP contribution in [0, 0.1) is 5.92 Å². The quantitative estimate of drug-likeness (QED) is 0.615. The van der Waals surface area contributed by atoms with Gasteiger partial charge in [-0.2, -0.15) is 0 Å². The van der Waals surface area contributed by atoms with Gasteiger partial charge in [0, 0.05) is 38.4 Å². The highest BCUT2D eigenvalue weighted by molar-refractivity contribution is 5.91. The van der Waals surface area contributed by atoms with Crippen molar-refractivity contribution in [3.63, 3.8) is 0 Å². The van der Waals surface area contributed by atoms with E-state index in [9.17, 15) is 9.59 Å². The number of hydrogen-bond acceptors (Lipinski definition) is 4. The van der Waals surface area contributed by atoms with Crippen LogP contribution in [0.4, 0.5) is 5.69 Å². The van der Waals surface area contributed by atoms with Gasteiger partial charge in [-0.05, 0) is 24.1 Å². The van der Waals surface area contributed by atoms with Crippen molar-refractivity contribution in [2.45, 2.75) is 32.7 Å². The molecular formula is C18H27N3O2. The van der Waals surface area contributed by atoms with Gasteiger partial charge in [-0.15, -0.1) is 0 Å². The Hall–Kier alpha value is -1.88. The average molecular weight is 317 g/mol. The molecule has 0 bridgehead atoms. The van der Waals surface area contributed by atoms with Crippen LogP contribution in [0.25, 0.3) is 0 Å². The fourth-order valence-corrected chi connectivity index (χ4v) is 2.94. The Balaban J connectivity index is 1.89. The van der Waals surface area contributed by atoms with Gasteiger partial charge in [0.1, 0.15) is 6.29 Å². The lowest BCUT2D eigenvalue weighted by molar-refractivity contribution is -0.138. The van der Waals surface area contributed by atoms with E-state index in [1.165, 1.54) is 0 Å². The molecule has 0 aromatic heterocycles. The third kappa shape index (κ3) is 4.55. The molecule has 23 heavy (non-hydrogen) atoms. The van der Waals surface area contributed by atoms with Gasteiger partial charge in [-0.1, -0.05) is 31.9 Å². The smallest absolute Gasteiger partial charge is 0.232 e. The van der Waals surface area contributed by atoms with E-state index in [-0.39, 0.29) is 5.91 Å². The van der Waals surface area contributed by atoms with Crippen LogP contribution in [-0.2, 0) is 16.1 Å². The Kier molecular flexibility index (Phi) is 6.59. The number of anilines is 1. The molecule has 2 N–H and O–H groups in total. The molecule has 1 aliphatic rings. The number of amides is 1. The number of benzene rings is 1. The van der Waals surface area contributed by atoms with Crippen molar-refractivity contribution in [3.8, 4) is 0 Å². The summed E-state index contributed by atoms with van der Waals surface area (Å²) in [5.74, 6) is -0.475. The zero-order valence-electron chi connectivity index (χ0n) is 13.9. The standard InChI is InChI=1S/C18H27N3O2/c1-2-3-4-16(14-22)18(23)21-11-9-20(10-12-21)17-7-5-15(13-19)6-8-17/h5-8,14,16H,2-4,9-13,19H2,1H3. The molecule has 0 saturated carbocycles. The first-order chi connectivity index (χ1) is 11.2. The first-order valence-corrected chi connectivity index (χ1v) is 8.47. The third-order valence-electron chi connectivity index (χ3n) is 4.48. The molecule has 1 fully saturated rings. The van der Waals surface area contributed by atoms with Gasteiger partial charge in [-0.25, -0.2) is 0 Å². The van der Waals surface area contributed by atoms with Crippen molar-refractivity contribution in [3.05, 3.63) is 29.8 Å². The van der Waals surface area contributed by atoms with Gasteiger partial charge < -0.3 is 20.3 Å². The molecule has 126 valence electrons. The van der Waals surface area contributed by atoms with Gasteiger partial charge in [0.25, 0.3) is 0 Å². The molecule has 0 radical (unpaired) electrons. The maximum Gasteiger partial charge on any atom is 0.232 e. The number of carbonyl (C=O) groups is 2. The van der Waals surface area contributed by atoms with Crippen molar-refractivity contribution < 1.29 is 9.59 Å². The molecule has 0 aliphatic carbocycles. The molecule has 0 spiro atoms. The Labute approximate surface area is 138 Å². The highest BCUT2D eigenvalue weighted by Gasteiger charge is 2.26. The molecule has 5 nitrogen and oxygen atoms in total. The molecule has 1 aromatic rings. The van der Waals surface area contributed by atoms with Crippen LogP contribution in [0.5, 0.6) is 0 Å². The molecule has 1 aliphatic heterocycles. The Morgan fingerprint density at radius 1 is 1.22 bits per heavy atom. The Morgan fingerprint density at radius 3 is 2.39 bits per heavy atom. The van der Waals surface area contributed by atoms with E-state index < -0.39 is 5.92 Å². The molecule has 1 aromatic carbocycles. The molecular weight excluding hydrogens is 290 g/mol. The molecule has 1 unspecified atom stereocenters. The highest BCUT2D eigenvalue weighted by atomic mass is 16.2. The van der Waals surface area contributed by atoms with E-state index in [0.717, 1.165) is 43.5 Å². The van der Waals surface area contributed by atoms with E-state index >= 15 is 0 Å². The minimum absolute atomic E-state index is 0.00780. The second-order valence-corrected chi connectivity index (χ2v) is 6.07. The van der Waals surface area contributed by atoms with Gasteiger partial charge in [0.05, 0.1) is 5.92 Å². The van der Waals surface area contributed by atoms with Crippen molar-refractivity contribution in [2.75, 3.05) is 31.1 Å². The van der Waals surface area contributed by atoms with Crippen LogP contribution in [0.3, 0.4) is 0 Å². The van der Waals surface area contributed by atoms with E-state index in [1.54, 1.807) is 0 Å². The average Bonchev–Trinajstić information content (AvgIpc) is 2.62. The van der Waals surface area contributed by atoms with Crippen molar-refractivity contribution in [1.29, 1.82) is 0 Å². The van der Waals surface area contributed by atoms with E-state index in [2.05, 4.69) is 24.0 Å². The van der Waals surface area contributed by atoms with Gasteiger partial charge >= 0.3 is 0 Å². The van der Waals surface area contributed by atoms with Gasteiger partial charge in [0.2, 0.25) is 5.91 Å². The topological polar surface area (TPSA) is 66.6 Å². The first-order valence-electron chi connectivity index (χ1n) is 8.47. The minimum atomic E-state index is -0.467. The van der Waals surface area contributed by atoms with Crippen LogP contribution in [-0.4, -0.2) is 43.3 Å². The lowest BCUT2D eigenvalue weighted by Gasteiger charge is -2.37. The van der Waals surface area contributed by atoms with Crippen LogP contribution in [0.1, 0.15) is 31.7 Å². The second kappa shape index (κ2) is 8.67. The van der Waals surface area contributed by atoms with E-state index in [1.807, 2.05) is 17.0 Å². The van der Waals surface area contributed by atoms with Crippen molar-refractivity contribution in [1.82, 2.24) is 4.90 Å². The van der Waals surface area contributed by atoms with Crippen LogP contribution < -0.4 is 10.6 Å². The predicted octanol–water partition coefficient (Wildman–Crippen LogP) is 1.80. The third-order valence-corrected chi connectivity index (χ3v) is 4.48. The summed E-state index contributed by atoms with van der Waals surface area (Å²) < 4.78 is 0. The summed E-state index contributed by atoms with van der Waals surface area (Å²) in [4.78, 5) is 27.7. The maximum atomic E-state index is 12.4. The molecule has 1 saturated heterocycles. The molecule has 1 atom stereocenters. The summed E-state index contributed by atoms with van der Waals surface area (Å²) in [5.41, 5.74) is 7.90. The summed E-state index contributed by atoms with van der Waals surface area (Å²) >= 11 is 0. The lowest BCUT2D eigenvalue weighted by atomic mass is 10.0. The monoisotopic (exact) mass is 317 g/mol.